The fourth-order valence-corrected chi connectivity index (χ4v) is 2.70. The van der Waals surface area contributed by atoms with Crippen LogP contribution >= 0.6 is 0 Å². The van der Waals surface area contributed by atoms with Gasteiger partial charge in [0.15, 0.2) is 0 Å². The molecule has 4 nitrogen and oxygen atoms in total. The van der Waals surface area contributed by atoms with Crippen molar-refractivity contribution in [3.63, 3.8) is 0 Å². The third-order valence-electron chi connectivity index (χ3n) is 3.61. The molecule has 3 rings (SSSR count). The molecule has 0 fully saturated rings. The average Bonchev–Trinajstić information content (AvgIpc) is 2.84. The van der Waals surface area contributed by atoms with Crippen molar-refractivity contribution in [3.05, 3.63) is 65.7 Å². The van der Waals surface area contributed by atoms with Gasteiger partial charge >= 0.3 is 0 Å². The topological polar surface area (TPSA) is 46.8 Å². The van der Waals surface area contributed by atoms with Crippen LogP contribution in [0.25, 0.3) is 10.9 Å². The molecule has 0 saturated heterocycles. The third-order valence-corrected chi connectivity index (χ3v) is 3.61. The van der Waals surface area contributed by atoms with E-state index in [9.17, 15) is 0 Å². The van der Waals surface area contributed by atoms with E-state index >= 15 is 0 Å². The quantitative estimate of drug-likeness (QED) is 0.441. The summed E-state index contributed by atoms with van der Waals surface area (Å²) in [5.74, 6) is 0.727. The van der Waals surface area contributed by atoms with Gasteiger partial charge in [-0.15, -0.1) is 0 Å². The standard InChI is InChI=1S/C18H18N2O2/c1-2-22-18-16(12-19-21)15-10-6-7-11-17(15)20(18)13-14-8-4-3-5-9-14/h3-12,21H,2,13H2,1H3. The van der Waals surface area contributed by atoms with E-state index in [0.717, 1.165) is 22.3 Å². The summed E-state index contributed by atoms with van der Waals surface area (Å²) in [5, 5.41) is 13.2. The number of para-hydroxylation sites is 1. The molecule has 0 saturated carbocycles. The lowest BCUT2D eigenvalue weighted by molar-refractivity contribution is 0.310. The summed E-state index contributed by atoms with van der Waals surface area (Å²) in [6, 6.07) is 18.3. The zero-order valence-corrected chi connectivity index (χ0v) is 12.4. The number of oxime groups is 1. The minimum Gasteiger partial charge on any atom is -0.479 e. The Morgan fingerprint density at radius 3 is 2.55 bits per heavy atom. The summed E-state index contributed by atoms with van der Waals surface area (Å²) in [6.45, 7) is 3.21. The Morgan fingerprint density at radius 2 is 1.82 bits per heavy atom. The van der Waals surface area contributed by atoms with Crippen molar-refractivity contribution in [2.75, 3.05) is 6.61 Å². The van der Waals surface area contributed by atoms with Gasteiger partial charge in [-0.25, -0.2) is 0 Å². The molecule has 1 N–H and O–H groups in total. The van der Waals surface area contributed by atoms with Gasteiger partial charge in [0, 0.05) is 5.39 Å². The highest BCUT2D eigenvalue weighted by Gasteiger charge is 2.17. The summed E-state index contributed by atoms with van der Waals surface area (Å²) in [5.41, 5.74) is 3.05. The molecule has 3 aromatic rings. The van der Waals surface area contributed by atoms with Crippen LogP contribution in [-0.2, 0) is 6.54 Å². The number of hydrogen-bond donors (Lipinski definition) is 1. The van der Waals surface area contributed by atoms with E-state index in [0.29, 0.717) is 13.2 Å². The second-order valence-electron chi connectivity index (χ2n) is 4.99. The first-order valence-electron chi connectivity index (χ1n) is 7.30. The van der Waals surface area contributed by atoms with Crippen LogP contribution in [0.1, 0.15) is 18.1 Å². The second-order valence-corrected chi connectivity index (χ2v) is 4.99. The number of fused-ring (bicyclic) bond motifs is 1. The fourth-order valence-electron chi connectivity index (χ4n) is 2.70. The smallest absolute Gasteiger partial charge is 0.204 e. The molecule has 22 heavy (non-hydrogen) atoms. The summed E-state index contributed by atoms with van der Waals surface area (Å²) < 4.78 is 7.95. The van der Waals surface area contributed by atoms with Gasteiger partial charge in [0.05, 0.1) is 30.4 Å². The Labute approximate surface area is 129 Å². The molecule has 0 spiro atoms. The van der Waals surface area contributed by atoms with Crippen LogP contribution in [0.4, 0.5) is 0 Å². The van der Waals surface area contributed by atoms with Gasteiger partial charge in [-0.2, -0.15) is 0 Å². The van der Waals surface area contributed by atoms with E-state index in [1.807, 2.05) is 43.3 Å². The molecule has 1 aromatic heterocycles. The maximum Gasteiger partial charge on any atom is 0.204 e. The summed E-state index contributed by atoms with van der Waals surface area (Å²) in [7, 11) is 0. The Morgan fingerprint density at radius 1 is 1.09 bits per heavy atom. The van der Waals surface area contributed by atoms with Gasteiger partial charge in [-0.05, 0) is 18.6 Å². The summed E-state index contributed by atoms with van der Waals surface area (Å²) in [4.78, 5) is 0. The molecule has 0 radical (unpaired) electrons. The normalized spacial score (nSPS) is 11.3. The maximum atomic E-state index is 8.98. The molecule has 4 heteroatoms. The first-order chi connectivity index (χ1) is 10.8. The first kappa shape index (κ1) is 14.2. The molecule has 112 valence electrons. The lowest BCUT2D eigenvalue weighted by atomic mass is 10.2. The van der Waals surface area contributed by atoms with Crippen molar-refractivity contribution in [1.82, 2.24) is 4.57 Å². The Kier molecular flexibility index (Phi) is 4.10. The van der Waals surface area contributed by atoms with Crippen molar-refractivity contribution in [2.24, 2.45) is 5.16 Å². The SMILES string of the molecule is CCOc1c(C=NO)c2ccccc2n1Cc1ccccc1. The Balaban J connectivity index is 2.20. The minimum absolute atomic E-state index is 0.553. The number of nitrogens with zero attached hydrogens (tertiary/aromatic N) is 2. The molecule has 0 amide bonds. The van der Waals surface area contributed by atoms with Crippen molar-refractivity contribution in [1.29, 1.82) is 0 Å². The fraction of sp³-hybridized carbons (Fsp3) is 0.167. The van der Waals surface area contributed by atoms with Crippen molar-refractivity contribution < 1.29 is 9.94 Å². The van der Waals surface area contributed by atoms with E-state index in [-0.39, 0.29) is 0 Å². The molecule has 0 aliphatic rings. The van der Waals surface area contributed by atoms with Gasteiger partial charge in [-0.1, -0.05) is 53.7 Å². The number of rotatable bonds is 5. The predicted octanol–water partition coefficient (Wildman–Crippen LogP) is 3.90. The maximum absolute atomic E-state index is 8.98. The average molecular weight is 294 g/mol. The van der Waals surface area contributed by atoms with Crippen LogP contribution in [0.3, 0.4) is 0 Å². The third kappa shape index (κ3) is 2.55. The molecular formula is C18H18N2O2. The van der Waals surface area contributed by atoms with Crippen LogP contribution in [0.5, 0.6) is 5.88 Å². The largest absolute Gasteiger partial charge is 0.479 e. The molecule has 1 heterocycles. The lowest BCUT2D eigenvalue weighted by Crippen LogP contribution is -2.05. The highest BCUT2D eigenvalue weighted by molar-refractivity contribution is 6.02. The second kappa shape index (κ2) is 6.35. The number of hydrogen-bond acceptors (Lipinski definition) is 3. The highest BCUT2D eigenvalue weighted by Crippen LogP contribution is 2.31. The number of ether oxygens (including phenoxy) is 1. The summed E-state index contributed by atoms with van der Waals surface area (Å²) >= 11 is 0. The lowest BCUT2D eigenvalue weighted by Gasteiger charge is -2.11. The molecular weight excluding hydrogens is 276 g/mol. The van der Waals surface area contributed by atoms with Gasteiger partial charge in [0.1, 0.15) is 0 Å². The Hall–Kier alpha value is -2.75. The predicted molar refractivity (Wildman–Crippen MR) is 88.0 cm³/mol. The Bertz CT molecular complexity index is 791. The number of benzene rings is 2. The molecule has 0 aliphatic heterocycles. The molecule has 0 unspecified atom stereocenters. The minimum atomic E-state index is 0.553. The number of aromatic nitrogens is 1. The van der Waals surface area contributed by atoms with Crippen LogP contribution in [0, 0.1) is 0 Å². The van der Waals surface area contributed by atoms with Crippen molar-refractivity contribution in [2.45, 2.75) is 13.5 Å². The van der Waals surface area contributed by atoms with E-state index in [4.69, 9.17) is 9.94 Å². The van der Waals surface area contributed by atoms with E-state index in [2.05, 4.69) is 27.9 Å². The van der Waals surface area contributed by atoms with Crippen LogP contribution < -0.4 is 4.74 Å². The van der Waals surface area contributed by atoms with Crippen LogP contribution in [0.2, 0.25) is 0 Å². The zero-order chi connectivity index (χ0) is 15.4. The summed E-state index contributed by atoms with van der Waals surface area (Å²) in [6.07, 6.45) is 1.44. The first-order valence-corrected chi connectivity index (χ1v) is 7.30. The monoisotopic (exact) mass is 294 g/mol. The van der Waals surface area contributed by atoms with Crippen molar-refractivity contribution >= 4 is 17.1 Å². The van der Waals surface area contributed by atoms with Crippen LogP contribution in [0.15, 0.2) is 59.8 Å². The molecule has 2 aromatic carbocycles. The molecule has 0 aliphatic carbocycles. The van der Waals surface area contributed by atoms with E-state index < -0.39 is 0 Å². The highest BCUT2D eigenvalue weighted by atomic mass is 16.5. The molecule has 0 bridgehead atoms. The van der Waals surface area contributed by atoms with Gasteiger partial charge in [-0.3, -0.25) is 0 Å². The van der Waals surface area contributed by atoms with Gasteiger partial charge in [0.2, 0.25) is 5.88 Å². The molecule has 0 atom stereocenters. The van der Waals surface area contributed by atoms with Crippen molar-refractivity contribution in [3.8, 4) is 5.88 Å². The van der Waals surface area contributed by atoms with E-state index in [1.165, 1.54) is 11.8 Å². The van der Waals surface area contributed by atoms with Gasteiger partial charge in [0.25, 0.3) is 0 Å². The van der Waals surface area contributed by atoms with E-state index in [1.54, 1.807) is 0 Å². The van der Waals surface area contributed by atoms with Gasteiger partial charge < -0.3 is 14.5 Å². The zero-order valence-electron chi connectivity index (χ0n) is 12.4. The van der Waals surface area contributed by atoms with Crippen LogP contribution in [-0.4, -0.2) is 22.6 Å².